The number of rotatable bonds is 4. The van der Waals surface area contributed by atoms with Gasteiger partial charge in [0.1, 0.15) is 5.01 Å². The van der Waals surface area contributed by atoms with Gasteiger partial charge in [0.05, 0.1) is 12.1 Å². The molecular formula is C17H21N3OS. The molecule has 0 aromatic carbocycles. The molecule has 0 spiro atoms. The molecule has 0 atom stereocenters. The van der Waals surface area contributed by atoms with Crippen LogP contribution in [-0.4, -0.2) is 33.9 Å². The van der Waals surface area contributed by atoms with E-state index in [2.05, 4.69) is 9.97 Å². The van der Waals surface area contributed by atoms with Gasteiger partial charge in [-0.15, -0.1) is 11.3 Å². The summed E-state index contributed by atoms with van der Waals surface area (Å²) in [7, 11) is 1.94. The summed E-state index contributed by atoms with van der Waals surface area (Å²) in [6.07, 6.45) is 10.0. The maximum Gasteiger partial charge on any atom is 0.228 e. The van der Waals surface area contributed by atoms with Crippen LogP contribution in [0.4, 0.5) is 0 Å². The molecule has 0 aliphatic heterocycles. The van der Waals surface area contributed by atoms with Gasteiger partial charge in [0.15, 0.2) is 0 Å². The van der Waals surface area contributed by atoms with Gasteiger partial charge in [-0.05, 0) is 25.0 Å². The highest BCUT2D eigenvalue weighted by atomic mass is 32.1. The number of carbonyl (C=O) groups excluding carboxylic acids is 1. The Hall–Kier alpha value is -1.75. The Morgan fingerprint density at radius 1 is 1.36 bits per heavy atom. The first-order valence-corrected chi connectivity index (χ1v) is 8.72. The fourth-order valence-electron chi connectivity index (χ4n) is 2.96. The first-order valence-electron chi connectivity index (χ1n) is 7.84. The Bertz CT molecular complexity index is 620. The van der Waals surface area contributed by atoms with Crippen molar-refractivity contribution < 1.29 is 4.79 Å². The van der Waals surface area contributed by atoms with E-state index in [-0.39, 0.29) is 5.91 Å². The number of aromatic nitrogens is 2. The molecule has 5 heteroatoms. The zero-order chi connectivity index (χ0) is 15.4. The van der Waals surface area contributed by atoms with Gasteiger partial charge >= 0.3 is 0 Å². The third-order valence-corrected chi connectivity index (χ3v) is 5.25. The van der Waals surface area contributed by atoms with Crippen LogP contribution in [0.1, 0.15) is 37.8 Å². The predicted octanol–water partition coefficient (Wildman–Crippen LogP) is 3.54. The molecule has 1 saturated carbocycles. The summed E-state index contributed by atoms with van der Waals surface area (Å²) >= 11 is 1.57. The van der Waals surface area contributed by atoms with Crippen LogP contribution in [0, 0.1) is 0 Å². The number of likely N-dealkylation sites (N-methyl/N-ethyl adjacent to an activating group) is 1. The largest absolute Gasteiger partial charge is 0.342 e. The lowest BCUT2D eigenvalue weighted by Crippen LogP contribution is -2.39. The second-order valence-electron chi connectivity index (χ2n) is 5.86. The normalized spacial score (nSPS) is 15.7. The first-order chi connectivity index (χ1) is 10.7. The van der Waals surface area contributed by atoms with Gasteiger partial charge < -0.3 is 4.90 Å². The fourth-order valence-corrected chi connectivity index (χ4v) is 3.77. The Morgan fingerprint density at radius 2 is 2.18 bits per heavy atom. The highest BCUT2D eigenvalue weighted by Gasteiger charge is 2.22. The first kappa shape index (κ1) is 15.2. The van der Waals surface area contributed by atoms with Crippen LogP contribution < -0.4 is 0 Å². The predicted molar refractivity (Wildman–Crippen MR) is 88.7 cm³/mol. The third kappa shape index (κ3) is 3.53. The summed E-state index contributed by atoms with van der Waals surface area (Å²) in [6, 6.07) is 4.31. The summed E-state index contributed by atoms with van der Waals surface area (Å²) < 4.78 is 0. The quantitative estimate of drug-likeness (QED) is 0.867. The molecule has 0 radical (unpaired) electrons. The van der Waals surface area contributed by atoms with Gasteiger partial charge in [-0.3, -0.25) is 9.78 Å². The Kier molecular flexibility index (Phi) is 4.83. The van der Waals surface area contributed by atoms with E-state index in [0.29, 0.717) is 12.5 Å². The molecule has 1 aliphatic carbocycles. The van der Waals surface area contributed by atoms with Gasteiger partial charge in [0.25, 0.3) is 0 Å². The topological polar surface area (TPSA) is 46.1 Å². The van der Waals surface area contributed by atoms with Crippen molar-refractivity contribution in [2.45, 2.75) is 44.6 Å². The molecular weight excluding hydrogens is 294 g/mol. The second-order valence-corrected chi connectivity index (χ2v) is 6.72. The molecule has 0 saturated heterocycles. The minimum Gasteiger partial charge on any atom is -0.342 e. The molecule has 0 N–H and O–H groups in total. The number of nitrogens with zero attached hydrogens (tertiary/aromatic N) is 3. The van der Waals surface area contributed by atoms with Crippen molar-refractivity contribution in [3.63, 3.8) is 0 Å². The SMILES string of the molecule is CN(C(=O)Cc1csc(-c2cccnc2)n1)C1CCCCC1. The number of amides is 1. The number of thiazole rings is 1. The van der Waals surface area contributed by atoms with Crippen molar-refractivity contribution in [2.75, 3.05) is 7.05 Å². The fraction of sp³-hybridized carbons (Fsp3) is 0.471. The van der Waals surface area contributed by atoms with Crippen LogP contribution in [0.2, 0.25) is 0 Å². The van der Waals surface area contributed by atoms with E-state index in [1.54, 1.807) is 23.7 Å². The van der Waals surface area contributed by atoms with Crippen LogP contribution in [0.15, 0.2) is 29.9 Å². The number of hydrogen-bond acceptors (Lipinski definition) is 4. The van der Waals surface area contributed by atoms with E-state index >= 15 is 0 Å². The molecule has 1 aliphatic rings. The van der Waals surface area contributed by atoms with Crippen LogP contribution in [0.3, 0.4) is 0 Å². The standard InChI is InChI=1S/C17H21N3OS/c1-20(15-7-3-2-4-8-15)16(21)10-14-12-22-17(19-14)13-6-5-9-18-11-13/h5-6,9,11-12,15H,2-4,7-8,10H2,1H3. The van der Waals surface area contributed by atoms with E-state index < -0.39 is 0 Å². The minimum atomic E-state index is 0.176. The summed E-state index contributed by atoms with van der Waals surface area (Å²) in [6.45, 7) is 0. The Balaban J connectivity index is 1.63. The van der Waals surface area contributed by atoms with Gasteiger partial charge in [-0.1, -0.05) is 19.3 Å². The average molecular weight is 315 g/mol. The lowest BCUT2D eigenvalue weighted by atomic mass is 9.94. The van der Waals surface area contributed by atoms with Crippen LogP contribution >= 0.6 is 11.3 Å². The van der Waals surface area contributed by atoms with E-state index in [9.17, 15) is 4.79 Å². The summed E-state index contributed by atoms with van der Waals surface area (Å²) in [5.41, 5.74) is 1.86. The smallest absolute Gasteiger partial charge is 0.228 e. The monoisotopic (exact) mass is 315 g/mol. The zero-order valence-corrected chi connectivity index (χ0v) is 13.7. The van der Waals surface area contributed by atoms with Gasteiger partial charge in [-0.25, -0.2) is 4.98 Å². The molecule has 2 heterocycles. The highest BCUT2D eigenvalue weighted by Crippen LogP contribution is 2.24. The maximum absolute atomic E-state index is 12.4. The van der Waals surface area contributed by atoms with Crippen molar-refractivity contribution in [1.29, 1.82) is 0 Å². The van der Waals surface area contributed by atoms with E-state index in [1.165, 1.54) is 19.3 Å². The third-order valence-electron chi connectivity index (χ3n) is 4.31. The van der Waals surface area contributed by atoms with Crippen molar-refractivity contribution in [3.05, 3.63) is 35.6 Å². The summed E-state index contributed by atoms with van der Waals surface area (Å²) in [4.78, 5) is 23.1. The van der Waals surface area contributed by atoms with Crippen molar-refractivity contribution in [3.8, 4) is 10.6 Å². The average Bonchev–Trinajstić information content (AvgIpc) is 3.04. The maximum atomic E-state index is 12.4. The molecule has 2 aromatic heterocycles. The molecule has 1 amide bonds. The van der Waals surface area contributed by atoms with Gasteiger partial charge in [-0.2, -0.15) is 0 Å². The second kappa shape index (κ2) is 7.01. The van der Waals surface area contributed by atoms with Crippen LogP contribution in [0.25, 0.3) is 10.6 Å². The lowest BCUT2D eigenvalue weighted by molar-refractivity contribution is -0.131. The molecule has 2 aromatic rings. The zero-order valence-electron chi connectivity index (χ0n) is 12.9. The number of pyridine rings is 1. The van der Waals surface area contributed by atoms with Crippen LogP contribution in [0.5, 0.6) is 0 Å². The van der Waals surface area contributed by atoms with Crippen molar-refractivity contribution >= 4 is 17.2 Å². The number of carbonyl (C=O) groups is 1. The molecule has 116 valence electrons. The molecule has 22 heavy (non-hydrogen) atoms. The van der Waals surface area contributed by atoms with E-state index in [4.69, 9.17) is 0 Å². The molecule has 0 bridgehead atoms. The number of hydrogen-bond donors (Lipinski definition) is 0. The van der Waals surface area contributed by atoms with Crippen molar-refractivity contribution in [2.24, 2.45) is 0 Å². The molecule has 0 unspecified atom stereocenters. The highest BCUT2D eigenvalue weighted by molar-refractivity contribution is 7.13. The van der Waals surface area contributed by atoms with Crippen LogP contribution in [-0.2, 0) is 11.2 Å². The van der Waals surface area contributed by atoms with Crippen molar-refractivity contribution in [1.82, 2.24) is 14.9 Å². The van der Waals surface area contributed by atoms with Gasteiger partial charge in [0, 0.05) is 36.4 Å². The lowest BCUT2D eigenvalue weighted by Gasteiger charge is -2.31. The molecule has 4 nitrogen and oxygen atoms in total. The van der Waals surface area contributed by atoms with E-state index in [1.807, 2.05) is 29.5 Å². The molecule has 1 fully saturated rings. The molecule has 3 rings (SSSR count). The van der Waals surface area contributed by atoms with Gasteiger partial charge in [0.2, 0.25) is 5.91 Å². The summed E-state index contributed by atoms with van der Waals surface area (Å²) in [5, 5.41) is 2.91. The van der Waals surface area contributed by atoms with E-state index in [0.717, 1.165) is 29.1 Å². The summed E-state index contributed by atoms with van der Waals surface area (Å²) in [5.74, 6) is 0.176. The minimum absolute atomic E-state index is 0.176. The Morgan fingerprint density at radius 3 is 2.91 bits per heavy atom. The Labute approximate surface area is 135 Å².